The van der Waals surface area contributed by atoms with Crippen LogP contribution < -0.4 is 16.0 Å². The zero-order chi connectivity index (χ0) is 21.8. The van der Waals surface area contributed by atoms with Crippen LogP contribution in [0.4, 0.5) is 13.2 Å². The number of para-hydroxylation sites is 1. The molecule has 0 radical (unpaired) electrons. The number of nitrogens with zero attached hydrogens (tertiary/aromatic N) is 1. The molecule has 1 saturated heterocycles. The van der Waals surface area contributed by atoms with Crippen molar-refractivity contribution in [1.82, 2.24) is 9.79 Å². The number of sulfonamides is 1. The van der Waals surface area contributed by atoms with Crippen LogP contribution >= 0.6 is 0 Å². The molecule has 0 aliphatic carbocycles. The van der Waals surface area contributed by atoms with Gasteiger partial charge in [0.2, 0.25) is 0 Å². The SMILES string of the molecule is N=C(C(C(=O)NO)=C(N)C(F)(F)F)S(=O)(=O)N1CCC(Oc2ccccc2)CC1. The summed E-state index contributed by atoms with van der Waals surface area (Å²) in [4.78, 5) is 11.6. The highest BCUT2D eigenvalue weighted by Gasteiger charge is 2.42. The number of carbonyl (C=O) groups excluding carboxylic acids is 1. The Labute approximate surface area is 164 Å². The Morgan fingerprint density at radius 2 is 1.79 bits per heavy atom. The molecule has 1 aromatic rings. The topological polar surface area (TPSA) is 146 Å². The average Bonchev–Trinajstić information content (AvgIpc) is 2.68. The highest BCUT2D eigenvalue weighted by Crippen LogP contribution is 2.27. The fraction of sp³-hybridized carbons (Fsp3) is 0.375. The predicted molar refractivity (Wildman–Crippen MR) is 95.5 cm³/mol. The summed E-state index contributed by atoms with van der Waals surface area (Å²) in [6.45, 7) is -0.273. The number of benzene rings is 1. The van der Waals surface area contributed by atoms with E-state index in [1.54, 1.807) is 30.3 Å². The molecular formula is C16H19F3N4O5S. The third-order valence-corrected chi connectivity index (χ3v) is 5.94. The number of allylic oxidation sites excluding steroid dienone is 1. The minimum absolute atomic E-state index is 0.137. The molecule has 0 aromatic heterocycles. The molecule has 0 unspecified atom stereocenters. The molecule has 0 saturated carbocycles. The van der Waals surface area contributed by atoms with E-state index in [4.69, 9.17) is 21.1 Å². The molecule has 2 rings (SSSR count). The van der Waals surface area contributed by atoms with Gasteiger partial charge < -0.3 is 10.5 Å². The molecule has 29 heavy (non-hydrogen) atoms. The molecule has 1 amide bonds. The maximum atomic E-state index is 12.9. The first kappa shape index (κ1) is 22.6. The molecule has 1 aromatic carbocycles. The molecule has 1 fully saturated rings. The van der Waals surface area contributed by atoms with E-state index in [1.807, 2.05) is 0 Å². The van der Waals surface area contributed by atoms with E-state index in [0.717, 1.165) is 9.79 Å². The highest BCUT2D eigenvalue weighted by atomic mass is 32.2. The monoisotopic (exact) mass is 436 g/mol. The number of halogens is 3. The van der Waals surface area contributed by atoms with E-state index >= 15 is 0 Å². The smallest absolute Gasteiger partial charge is 0.431 e. The van der Waals surface area contributed by atoms with Crippen molar-refractivity contribution in [2.75, 3.05) is 13.1 Å². The minimum Gasteiger partial charge on any atom is -0.490 e. The van der Waals surface area contributed by atoms with Crippen LogP contribution in [0.5, 0.6) is 5.75 Å². The molecule has 1 aliphatic rings. The van der Waals surface area contributed by atoms with E-state index in [1.165, 1.54) is 0 Å². The number of carbonyl (C=O) groups is 1. The Balaban J connectivity index is 2.17. The first-order chi connectivity index (χ1) is 13.5. The maximum absolute atomic E-state index is 12.9. The van der Waals surface area contributed by atoms with Crippen LogP contribution in [0.3, 0.4) is 0 Å². The summed E-state index contributed by atoms with van der Waals surface area (Å²) < 4.78 is 70.3. The van der Waals surface area contributed by atoms with Crippen molar-refractivity contribution >= 4 is 21.0 Å². The van der Waals surface area contributed by atoms with Crippen LogP contribution in [0.2, 0.25) is 0 Å². The normalized spacial score (nSPS) is 17.4. The second kappa shape index (κ2) is 8.80. The number of nitrogens with two attached hydrogens (primary N) is 1. The van der Waals surface area contributed by atoms with Crippen LogP contribution in [0.1, 0.15) is 12.8 Å². The second-order valence-corrected chi connectivity index (χ2v) is 7.97. The minimum atomic E-state index is -5.28. The van der Waals surface area contributed by atoms with Gasteiger partial charge in [-0.3, -0.25) is 15.4 Å². The summed E-state index contributed by atoms with van der Waals surface area (Å²) >= 11 is 0. The van der Waals surface area contributed by atoms with Crippen LogP contribution in [-0.2, 0) is 14.8 Å². The van der Waals surface area contributed by atoms with Crippen molar-refractivity contribution in [3.05, 3.63) is 41.6 Å². The fourth-order valence-electron chi connectivity index (χ4n) is 2.69. The molecule has 13 heteroatoms. The van der Waals surface area contributed by atoms with Gasteiger partial charge in [-0.25, -0.2) is 13.9 Å². The lowest BCUT2D eigenvalue weighted by molar-refractivity contribution is -0.126. The average molecular weight is 436 g/mol. The van der Waals surface area contributed by atoms with Gasteiger partial charge >= 0.3 is 6.18 Å². The number of hydrogen-bond acceptors (Lipinski definition) is 7. The van der Waals surface area contributed by atoms with Crippen LogP contribution in [0.25, 0.3) is 0 Å². The van der Waals surface area contributed by atoms with Crippen molar-refractivity contribution in [2.45, 2.75) is 25.1 Å². The molecule has 9 nitrogen and oxygen atoms in total. The number of rotatable bonds is 5. The third kappa shape index (κ3) is 5.25. The van der Waals surface area contributed by atoms with Gasteiger partial charge in [-0.15, -0.1) is 0 Å². The van der Waals surface area contributed by atoms with E-state index in [0.29, 0.717) is 5.75 Å². The van der Waals surface area contributed by atoms with Crippen LogP contribution in [0, 0.1) is 5.41 Å². The quantitative estimate of drug-likeness (QED) is 0.179. The van der Waals surface area contributed by atoms with Gasteiger partial charge in [0.1, 0.15) is 23.1 Å². The summed E-state index contributed by atoms with van der Waals surface area (Å²) in [5.41, 5.74) is 1.96. The number of ether oxygens (including phenoxy) is 1. The van der Waals surface area contributed by atoms with Crippen molar-refractivity contribution in [1.29, 1.82) is 5.41 Å². The number of alkyl halides is 3. The Morgan fingerprint density at radius 3 is 2.28 bits per heavy atom. The van der Waals surface area contributed by atoms with Gasteiger partial charge in [-0.05, 0) is 25.0 Å². The summed E-state index contributed by atoms with van der Waals surface area (Å²) in [5.74, 6) is -1.26. The van der Waals surface area contributed by atoms with E-state index in [2.05, 4.69) is 0 Å². The van der Waals surface area contributed by atoms with Crippen LogP contribution in [-0.4, -0.2) is 54.3 Å². The lowest BCUT2D eigenvalue weighted by Gasteiger charge is -2.31. The summed E-state index contributed by atoms with van der Waals surface area (Å²) in [6.07, 6.45) is -5.16. The molecule has 0 atom stereocenters. The van der Waals surface area contributed by atoms with Gasteiger partial charge in [-0.2, -0.15) is 17.5 Å². The Bertz CT molecular complexity index is 895. The first-order valence-electron chi connectivity index (χ1n) is 8.30. The number of piperidine rings is 1. The summed E-state index contributed by atoms with van der Waals surface area (Å²) in [6, 6.07) is 8.78. The van der Waals surface area contributed by atoms with Crippen LogP contribution in [0.15, 0.2) is 41.6 Å². The zero-order valence-electron chi connectivity index (χ0n) is 14.9. The Morgan fingerprint density at radius 1 is 1.24 bits per heavy atom. The predicted octanol–water partition coefficient (Wildman–Crippen LogP) is 1.12. The van der Waals surface area contributed by atoms with Crippen molar-refractivity contribution in [2.24, 2.45) is 5.73 Å². The van der Waals surface area contributed by atoms with Gasteiger partial charge in [0.15, 0.2) is 5.04 Å². The van der Waals surface area contributed by atoms with Gasteiger partial charge in [0, 0.05) is 13.1 Å². The summed E-state index contributed by atoms with van der Waals surface area (Å²) in [5, 5.41) is 14.7. The van der Waals surface area contributed by atoms with E-state index in [9.17, 15) is 26.4 Å². The lowest BCUT2D eigenvalue weighted by atomic mass is 10.1. The standard InChI is InChI=1S/C16H19F3N4O5S/c17-16(18,19)13(20)12(15(24)22-25)14(21)29(26,27)23-8-6-11(7-9-23)28-10-4-2-1-3-5-10/h1-5,11,21,25H,6-9,20H2,(H,22,24). The first-order valence-corrected chi connectivity index (χ1v) is 9.74. The second-order valence-electron chi connectivity index (χ2n) is 6.09. The lowest BCUT2D eigenvalue weighted by Crippen LogP contribution is -2.46. The fourth-order valence-corrected chi connectivity index (χ4v) is 4.10. The largest absolute Gasteiger partial charge is 0.490 e. The maximum Gasteiger partial charge on any atom is 0.431 e. The molecule has 0 spiro atoms. The highest BCUT2D eigenvalue weighted by molar-refractivity contribution is 8.04. The molecule has 0 bridgehead atoms. The molecular weight excluding hydrogens is 417 g/mol. The Hall–Kier alpha value is -2.64. The summed E-state index contributed by atoms with van der Waals surface area (Å²) in [7, 11) is -4.77. The van der Waals surface area contributed by atoms with Gasteiger partial charge in [0.25, 0.3) is 15.9 Å². The van der Waals surface area contributed by atoms with E-state index in [-0.39, 0.29) is 32.0 Å². The Kier molecular flexibility index (Phi) is 6.87. The molecule has 5 N–H and O–H groups in total. The number of amides is 1. The number of hydroxylamine groups is 1. The number of nitrogens with one attached hydrogen (secondary N) is 2. The van der Waals surface area contributed by atoms with Crippen molar-refractivity contribution < 1.29 is 36.3 Å². The van der Waals surface area contributed by atoms with Crippen molar-refractivity contribution in [3.63, 3.8) is 0 Å². The molecule has 160 valence electrons. The molecule has 1 aliphatic heterocycles. The zero-order valence-corrected chi connectivity index (χ0v) is 15.8. The molecule has 1 heterocycles. The van der Waals surface area contributed by atoms with Crippen molar-refractivity contribution in [3.8, 4) is 5.75 Å². The van der Waals surface area contributed by atoms with Gasteiger partial charge in [0.05, 0.1) is 0 Å². The number of hydrogen-bond donors (Lipinski definition) is 4. The third-order valence-electron chi connectivity index (χ3n) is 4.18. The van der Waals surface area contributed by atoms with Gasteiger partial charge in [-0.1, -0.05) is 18.2 Å². The van der Waals surface area contributed by atoms with E-state index < -0.39 is 38.4 Å².